The van der Waals surface area contributed by atoms with Crippen LogP contribution in [0, 0.1) is 0 Å². The number of aliphatic hydroxyl groups excluding tert-OH is 1. The number of hydrogen-bond donors (Lipinski definition) is 3. The SMILES string of the molecule is CC(=Nc1ccccc1C(F)(F)F)C(NC(=O)CO)=C(C)N. The van der Waals surface area contributed by atoms with Crippen LogP contribution in [0.2, 0.25) is 0 Å². The maximum Gasteiger partial charge on any atom is 0.418 e. The van der Waals surface area contributed by atoms with E-state index >= 15 is 0 Å². The average Bonchev–Trinajstić information content (AvgIpc) is 2.43. The topological polar surface area (TPSA) is 87.7 Å². The smallest absolute Gasteiger partial charge is 0.401 e. The molecule has 1 amide bonds. The van der Waals surface area contributed by atoms with Gasteiger partial charge in [0.05, 0.1) is 22.7 Å². The Bertz CT molecular complexity index is 618. The van der Waals surface area contributed by atoms with Gasteiger partial charge >= 0.3 is 6.18 Å². The third kappa shape index (κ3) is 4.59. The molecule has 0 unspecified atom stereocenters. The summed E-state index contributed by atoms with van der Waals surface area (Å²) in [6.07, 6.45) is -4.55. The van der Waals surface area contributed by atoms with E-state index in [2.05, 4.69) is 10.3 Å². The average molecular weight is 315 g/mol. The van der Waals surface area contributed by atoms with Crippen LogP contribution in [0.5, 0.6) is 0 Å². The molecule has 0 fully saturated rings. The van der Waals surface area contributed by atoms with Gasteiger partial charge in [-0.25, -0.2) is 0 Å². The number of alkyl halides is 3. The van der Waals surface area contributed by atoms with Crippen molar-refractivity contribution in [2.45, 2.75) is 20.0 Å². The molecule has 0 saturated carbocycles. The quantitative estimate of drug-likeness (QED) is 0.744. The van der Waals surface area contributed by atoms with E-state index < -0.39 is 24.3 Å². The number of carbonyl (C=O) groups excluding carboxylic acids is 1. The van der Waals surface area contributed by atoms with Crippen LogP contribution in [0.4, 0.5) is 18.9 Å². The highest BCUT2D eigenvalue weighted by atomic mass is 19.4. The Kier molecular flexibility index (Phi) is 5.69. The molecule has 0 aromatic heterocycles. The lowest BCUT2D eigenvalue weighted by molar-refractivity contribution is -0.137. The molecule has 0 radical (unpaired) electrons. The van der Waals surface area contributed by atoms with Crippen LogP contribution in [0.1, 0.15) is 19.4 Å². The molecule has 22 heavy (non-hydrogen) atoms. The van der Waals surface area contributed by atoms with E-state index in [0.717, 1.165) is 6.07 Å². The number of rotatable bonds is 4. The van der Waals surface area contributed by atoms with Crippen LogP contribution in [0.25, 0.3) is 0 Å². The normalized spacial score (nSPS) is 13.6. The second kappa shape index (κ2) is 7.08. The summed E-state index contributed by atoms with van der Waals surface area (Å²) >= 11 is 0. The Labute approximate surface area is 125 Å². The number of para-hydroxylation sites is 1. The van der Waals surface area contributed by atoms with E-state index in [-0.39, 0.29) is 22.8 Å². The van der Waals surface area contributed by atoms with Gasteiger partial charge in [-0.1, -0.05) is 12.1 Å². The van der Waals surface area contributed by atoms with Crippen LogP contribution < -0.4 is 11.1 Å². The number of aliphatic imine (C=N–C) groups is 1. The minimum absolute atomic E-state index is 0.0658. The summed E-state index contributed by atoms with van der Waals surface area (Å²) in [7, 11) is 0. The van der Waals surface area contributed by atoms with E-state index in [1.54, 1.807) is 0 Å². The van der Waals surface area contributed by atoms with Gasteiger partial charge in [-0.05, 0) is 26.0 Å². The Morgan fingerprint density at radius 2 is 1.91 bits per heavy atom. The van der Waals surface area contributed by atoms with Crippen molar-refractivity contribution in [1.82, 2.24) is 5.32 Å². The van der Waals surface area contributed by atoms with Gasteiger partial charge in [0.25, 0.3) is 0 Å². The van der Waals surface area contributed by atoms with E-state index in [9.17, 15) is 18.0 Å². The molecule has 0 saturated heterocycles. The molecule has 1 rings (SSSR count). The molecule has 0 spiro atoms. The molecule has 1 aromatic rings. The molecule has 0 heterocycles. The number of amides is 1. The van der Waals surface area contributed by atoms with Gasteiger partial charge in [-0.2, -0.15) is 13.2 Å². The second-order valence-corrected chi connectivity index (χ2v) is 4.48. The maximum absolute atomic E-state index is 12.9. The fourth-order valence-corrected chi connectivity index (χ4v) is 1.70. The lowest BCUT2D eigenvalue weighted by Crippen LogP contribution is -2.31. The Morgan fingerprint density at radius 3 is 2.41 bits per heavy atom. The zero-order valence-electron chi connectivity index (χ0n) is 12.0. The van der Waals surface area contributed by atoms with Crippen LogP contribution in [0.15, 0.2) is 40.7 Å². The highest BCUT2D eigenvalue weighted by molar-refractivity contribution is 6.03. The fraction of sp³-hybridized carbons (Fsp3) is 0.286. The zero-order chi connectivity index (χ0) is 16.9. The zero-order valence-corrected chi connectivity index (χ0v) is 12.0. The van der Waals surface area contributed by atoms with Crippen molar-refractivity contribution in [3.63, 3.8) is 0 Å². The first-order chi connectivity index (χ1) is 10.2. The molecule has 5 nitrogen and oxygen atoms in total. The van der Waals surface area contributed by atoms with Crippen molar-refractivity contribution < 1.29 is 23.1 Å². The number of allylic oxidation sites excluding steroid dienone is 2. The van der Waals surface area contributed by atoms with Crippen molar-refractivity contribution >= 4 is 17.3 Å². The summed E-state index contributed by atoms with van der Waals surface area (Å²) in [4.78, 5) is 15.1. The number of nitrogens with one attached hydrogen (secondary N) is 1. The summed E-state index contributed by atoms with van der Waals surface area (Å²) in [6, 6.07) is 4.81. The lowest BCUT2D eigenvalue weighted by atomic mass is 10.1. The first kappa shape index (κ1) is 17.7. The standard InChI is InChI=1S/C14H16F3N3O2/c1-8(18)13(20-12(22)7-21)9(2)19-11-6-4-3-5-10(11)14(15,16)17/h3-6,21H,7,18H2,1-2H3,(H,20,22). The van der Waals surface area contributed by atoms with Crippen LogP contribution in [-0.2, 0) is 11.0 Å². The molecular formula is C14H16F3N3O2. The van der Waals surface area contributed by atoms with Gasteiger partial charge < -0.3 is 16.2 Å². The molecule has 120 valence electrons. The van der Waals surface area contributed by atoms with Gasteiger partial charge in [0.15, 0.2) is 0 Å². The van der Waals surface area contributed by atoms with E-state index in [0.29, 0.717) is 0 Å². The number of halogens is 3. The van der Waals surface area contributed by atoms with Crippen molar-refractivity contribution in [1.29, 1.82) is 0 Å². The van der Waals surface area contributed by atoms with Gasteiger partial charge in [-0.3, -0.25) is 9.79 Å². The fourth-order valence-electron chi connectivity index (χ4n) is 1.70. The Morgan fingerprint density at radius 1 is 1.32 bits per heavy atom. The third-order valence-electron chi connectivity index (χ3n) is 2.66. The minimum atomic E-state index is -4.55. The molecule has 4 N–H and O–H groups in total. The number of hydrogen-bond acceptors (Lipinski definition) is 4. The molecule has 8 heteroatoms. The van der Waals surface area contributed by atoms with Crippen LogP contribution in [-0.4, -0.2) is 23.3 Å². The summed E-state index contributed by atoms with van der Waals surface area (Å²) in [6.45, 7) is 2.10. The highest BCUT2D eigenvalue weighted by Gasteiger charge is 2.33. The third-order valence-corrected chi connectivity index (χ3v) is 2.66. The first-order valence-electron chi connectivity index (χ1n) is 6.25. The number of nitrogens with zero attached hydrogens (tertiary/aromatic N) is 1. The van der Waals surface area contributed by atoms with Crippen molar-refractivity contribution in [3.8, 4) is 0 Å². The van der Waals surface area contributed by atoms with Gasteiger partial charge in [0.1, 0.15) is 6.61 Å². The number of benzene rings is 1. The minimum Gasteiger partial charge on any atom is -0.401 e. The van der Waals surface area contributed by atoms with Crippen LogP contribution >= 0.6 is 0 Å². The first-order valence-corrected chi connectivity index (χ1v) is 6.25. The highest BCUT2D eigenvalue weighted by Crippen LogP contribution is 2.36. The van der Waals surface area contributed by atoms with E-state index in [1.165, 1.54) is 32.0 Å². The molecule has 0 atom stereocenters. The molecule has 0 aliphatic heterocycles. The summed E-state index contributed by atoms with van der Waals surface area (Å²) < 4.78 is 38.7. The predicted molar refractivity (Wildman–Crippen MR) is 76.3 cm³/mol. The summed E-state index contributed by atoms with van der Waals surface area (Å²) in [5.41, 5.74) is 4.74. The summed E-state index contributed by atoms with van der Waals surface area (Å²) in [5, 5.41) is 11.0. The number of aliphatic hydroxyl groups is 1. The Balaban J connectivity index is 3.27. The van der Waals surface area contributed by atoms with Crippen molar-refractivity contribution in [3.05, 3.63) is 41.2 Å². The van der Waals surface area contributed by atoms with E-state index in [1.807, 2.05) is 0 Å². The monoisotopic (exact) mass is 315 g/mol. The largest absolute Gasteiger partial charge is 0.418 e. The molecule has 1 aromatic carbocycles. The predicted octanol–water partition coefficient (Wildman–Crippen LogP) is 2.10. The molecular weight excluding hydrogens is 299 g/mol. The second-order valence-electron chi connectivity index (χ2n) is 4.48. The number of carbonyl (C=O) groups is 1. The van der Waals surface area contributed by atoms with Gasteiger partial charge in [-0.15, -0.1) is 0 Å². The van der Waals surface area contributed by atoms with Crippen LogP contribution in [0.3, 0.4) is 0 Å². The van der Waals surface area contributed by atoms with Gasteiger partial charge in [0.2, 0.25) is 5.91 Å². The lowest BCUT2D eigenvalue weighted by Gasteiger charge is -2.13. The van der Waals surface area contributed by atoms with Crippen molar-refractivity contribution in [2.75, 3.05) is 6.61 Å². The van der Waals surface area contributed by atoms with E-state index in [4.69, 9.17) is 10.8 Å². The van der Waals surface area contributed by atoms with Crippen molar-refractivity contribution in [2.24, 2.45) is 10.7 Å². The summed E-state index contributed by atoms with van der Waals surface area (Å²) in [5.74, 6) is -0.738. The Hall–Kier alpha value is -2.35. The number of nitrogens with two attached hydrogens (primary N) is 1. The molecule has 0 aliphatic carbocycles. The van der Waals surface area contributed by atoms with Gasteiger partial charge in [0, 0.05) is 5.70 Å². The molecule has 0 aliphatic rings. The maximum atomic E-state index is 12.9. The molecule has 0 bridgehead atoms.